The van der Waals surface area contributed by atoms with Crippen molar-refractivity contribution in [3.05, 3.63) is 0 Å². The Bertz CT molecular complexity index is 286. The molecule has 0 radical (unpaired) electrons. The number of rotatable bonds is 3. The molecule has 2 unspecified atom stereocenters. The zero-order valence-corrected chi connectivity index (χ0v) is 11.5. The van der Waals surface area contributed by atoms with Gasteiger partial charge in [-0.25, -0.2) is 0 Å². The molecule has 0 aromatic heterocycles. The Labute approximate surface area is 106 Å². The van der Waals surface area contributed by atoms with Crippen LogP contribution in [0.25, 0.3) is 0 Å². The molecule has 1 aliphatic heterocycles. The Morgan fingerprint density at radius 2 is 1.88 bits per heavy atom. The molecule has 2 heteroatoms. The van der Waals surface area contributed by atoms with Crippen LogP contribution in [0.15, 0.2) is 0 Å². The molecule has 0 amide bonds. The molecule has 0 aromatic rings. The number of fused-ring (bicyclic) bond motifs is 2. The van der Waals surface area contributed by atoms with Crippen LogP contribution in [0.1, 0.15) is 40.0 Å². The molecule has 2 atom stereocenters. The molecule has 0 spiro atoms. The minimum Gasteiger partial charge on any atom is -0.303 e. The second kappa shape index (κ2) is 5.89. The molecule has 1 heterocycles. The summed E-state index contributed by atoms with van der Waals surface area (Å²) in [7, 11) is 0. The Morgan fingerprint density at radius 1 is 1.24 bits per heavy atom. The van der Waals surface area contributed by atoms with Crippen LogP contribution >= 0.6 is 0 Å². The van der Waals surface area contributed by atoms with Crippen LogP contribution in [0.3, 0.4) is 0 Å². The van der Waals surface area contributed by atoms with E-state index in [0.29, 0.717) is 6.04 Å². The van der Waals surface area contributed by atoms with Gasteiger partial charge in [-0.3, -0.25) is 0 Å². The van der Waals surface area contributed by atoms with Gasteiger partial charge in [0.25, 0.3) is 0 Å². The van der Waals surface area contributed by atoms with Crippen LogP contribution < -0.4 is 5.32 Å². The lowest BCUT2D eigenvalue weighted by atomic mass is 9.73. The summed E-state index contributed by atoms with van der Waals surface area (Å²) in [4.78, 5) is 2.66. The predicted octanol–water partition coefficient (Wildman–Crippen LogP) is 2.11. The summed E-state index contributed by atoms with van der Waals surface area (Å²) in [6.45, 7) is 10.0. The van der Waals surface area contributed by atoms with Crippen LogP contribution in [-0.2, 0) is 0 Å². The highest BCUT2D eigenvalue weighted by atomic mass is 15.2. The van der Waals surface area contributed by atoms with Crippen molar-refractivity contribution in [2.75, 3.05) is 19.6 Å². The van der Waals surface area contributed by atoms with Gasteiger partial charge in [-0.2, -0.15) is 0 Å². The van der Waals surface area contributed by atoms with E-state index in [2.05, 4.69) is 35.9 Å². The molecule has 2 aliphatic rings. The van der Waals surface area contributed by atoms with Gasteiger partial charge in [0.05, 0.1) is 6.54 Å². The highest BCUT2D eigenvalue weighted by Crippen LogP contribution is 2.35. The van der Waals surface area contributed by atoms with E-state index >= 15 is 0 Å². The minimum absolute atomic E-state index is 0.703. The molecule has 96 valence electrons. The first kappa shape index (κ1) is 12.9. The predicted molar refractivity (Wildman–Crippen MR) is 72.8 cm³/mol. The largest absolute Gasteiger partial charge is 0.303 e. The first-order valence-corrected chi connectivity index (χ1v) is 7.09. The maximum absolute atomic E-state index is 3.68. The van der Waals surface area contributed by atoms with E-state index in [4.69, 9.17) is 0 Å². The zero-order valence-electron chi connectivity index (χ0n) is 11.5. The lowest BCUT2D eigenvalue weighted by Crippen LogP contribution is -2.58. The summed E-state index contributed by atoms with van der Waals surface area (Å²) in [5, 5.41) is 3.68. The van der Waals surface area contributed by atoms with E-state index in [-0.39, 0.29) is 0 Å². The zero-order chi connectivity index (χ0) is 12.3. The summed E-state index contributed by atoms with van der Waals surface area (Å²) in [6.07, 6.45) is 4.23. The smallest absolute Gasteiger partial charge is 0.0578 e. The van der Waals surface area contributed by atoms with Crippen LogP contribution in [0.4, 0.5) is 0 Å². The third-order valence-electron chi connectivity index (χ3n) is 4.44. The van der Waals surface area contributed by atoms with Crippen LogP contribution in [0.5, 0.6) is 0 Å². The molecule has 1 N–H and O–H groups in total. The number of nitrogens with zero attached hydrogens (tertiary/aromatic N) is 1. The average molecular weight is 234 g/mol. The SMILES string of the molecule is CC#CCNC1C2CCCC1CN(C(C)C)C2. The molecule has 1 saturated carbocycles. The molecule has 1 saturated heterocycles. The molecule has 2 bridgehead atoms. The van der Waals surface area contributed by atoms with Crippen molar-refractivity contribution in [1.29, 1.82) is 0 Å². The standard InChI is InChI=1S/C15H26N2/c1-4-5-9-16-15-13-7-6-8-14(15)11-17(10-13)12(2)3/h12-16H,6-11H2,1-3H3. The fourth-order valence-electron chi connectivity index (χ4n) is 3.49. The van der Waals surface area contributed by atoms with Crippen molar-refractivity contribution in [1.82, 2.24) is 10.2 Å². The van der Waals surface area contributed by atoms with Crippen LogP contribution in [0, 0.1) is 23.7 Å². The summed E-state index contributed by atoms with van der Waals surface area (Å²) >= 11 is 0. The number of likely N-dealkylation sites (tertiary alicyclic amines) is 1. The summed E-state index contributed by atoms with van der Waals surface area (Å²) in [6, 6.07) is 1.43. The fraction of sp³-hybridized carbons (Fsp3) is 0.867. The van der Waals surface area contributed by atoms with E-state index in [1.165, 1.54) is 32.4 Å². The minimum atomic E-state index is 0.703. The van der Waals surface area contributed by atoms with E-state index in [0.717, 1.165) is 24.4 Å². The van der Waals surface area contributed by atoms with Gasteiger partial charge in [-0.05, 0) is 45.4 Å². The van der Waals surface area contributed by atoms with Gasteiger partial charge in [0, 0.05) is 25.2 Å². The topological polar surface area (TPSA) is 15.3 Å². The second-order valence-corrected chi connectivity index (χ2v) is 5.83. The van der Waals surface area contributed by atoms with Gasteiger partial charge in [0.2, 0.25) is 0 Å². The Kier molecular flexibility index (Phi) is 4.48. The van der Waals surface area contributed by atoms with Crippen molar-refractivity contribution in [3.8, 4) is 11.8 Å². The van der Waals surface area contributed by atoms with Gasteiger partial charge in [0.1, 0.15) is 0 Å². The number of hydrogen-bond donors (Lipinski definition) is 1. The van der Waals surface area contributed by atoms with Gasteiger partial charge in [-0.15, -0.1) is 5.92 Å². The summed E-state index contributed by atoms with van der Waals surface area (Å²) < 4.78 is 0. The van der Waals surface area contributed by atoms with Crippen molar-refractivity contribution in [2.24, 2.45) is 11.8 Å². The third kappa shape index (κ3) is 3.03. The van der Waals surface area contributed by atoms with Gasteiger partial charge < -0.3 is 10.2 Å². The number of hydrogen-bond acceptors (Lipinski definition) is 2. The van der Waals surface area contributed by atoms with E-state index < -0.39 is 0 Å². The molecule has 2 nitrogen and oxygen atoms in total. The molecule has 1 aliphatic carbocycles. The summed E-state index contributed by atoms with van der Waals surface area (Å²) in [5.41, 5.74) is 0. The van der Waals surface area contributed by atoms with Crippen molar-refractivity contribution in [3.63, 3.8) is 0 Å². The lowest BCUT2D eigenvalue weighted by Gasteiger charge is -2.49. The Hall–Kier alpha value is -0.520. The Morgan fingerprint density at radius 3 is 2.41 bits per heavy atom. The highest BCUT2D eigenvalue weighted by Gasteiger charge is 2.39. The van der Waals surface area contributed by atoms with Crippen molar-refractivity contribution >= 4 is 0 Å². The highest BCUT2D eigenvalue weighted by molar-refractivity contribution is 5.01. The average Bonchev–Trinajstić information content (AvgIpc) is 2.28. The first-order valence-electron chi connectivity index (χ1n) is 7.09. The summed E-state index contributed by atoms with van der Waals surface area (Å²) in [5.74, 6) is 7.82. The maximum Gasteiger partial charge on any atom is 0.0578 e. The van der Waals surface area contributed by atoms with E-state index in [1.54, 1.807) is 0 Å². The van der Waals surface area contributed by atoms with Gasteiger partial charge in [0.15, 0.2) is 0 Å². The number of nitrogens with one attached hydrogen (secondary N) is 1. The maximum atomic E-state index is 3.68. The van der Waals surface area contributed by atoms with Crippen LogP contribution in [-0.4, -0.2) is 36.6 Å². The Balaban J connectivity index is 1.96. The van der Waals surface area contributed by atoms with E-state index in [1.807, 2.05) is 6.92 Å². The first-order chi connectivity index (χ1) is 8.22. The molecular weight excluding hydrogens is 208 g/mol. The molecule has 2 rings (SSSR count). The van der Waals surface area contributed by atoms with Crippen molar-refractivity contribution in [2.45, 2.75) is 52.1 Å². The second-order valence-electron chi connectivity index (χ2n) is 5.83. The molecule has 2 fully saturated rings. The van der Waals surface area contributed by atoms with Crippen molar-refractivity contribution < 1.29 is 0 Å². The van der Waals surface area contributed by atoms with Crippen LogP contribution in [0.2, 0.25) is 0 Å². The van der Waals surface area contributed by atoms with E-state index in [9.17, 15) is 0 Å². The third-order valence-corrected chi connectivity index (χ3v) is 4.44. The molecule has 0 aromatic carbocycles. The molecule has 17 heavy (non-hydrogen) atoms. The quantitative estimate of drug-likeness (QED) is 0.752. The fourth-order valence-corrected chi connectivity index (χ4v) is 3.49. The lowest BCUT2D eigenvalue weighted by molar-refractivity contribution is 0.0313. The van der Waals surface area contributed by atoms with Gasteiger partial charge in [-0.1, -0.05) is 12.3 Å². The monoisotopic (exact) mass is 234 g/mol. The number of piperidine rings is 1. The molecular formula is C15H26N2. The normalized spacial score (nSPS) is 33.3. The van der Waals surface area contributed by atoms with Gasteiger partial charge >= 0.3 is 0 Å².